The Bertz CT molecular complexity index is 950. The van der Waals surface area contributed by atoms with E-state index in [1.807, 2.05) is 42.5 Å². The lowest BCUT2D eigenvalue weighted by Gasteiger charge is -2.33. The van der Waals surface area contributed by atoms with Crippen LogP contribution in [0.5, 0.6) is 0 Å². The molecule has 28 heavy (non-hydrogen) atoms. The SMILES string of the molecule is Cc1nnc(-c2ccc(C)c(NC(=O)N3CCCC(Cn4ccnc4)C3)c2)o1. The second-order valence-corrected chi connectivity index (χ2v) is 7.30. The minimum atomic E-state index is -0.0720. The number of amides is 2. The van der Waals surface area contributed by atoms with Crippen molar-refractivity contribution < 1.29 is 9.21 Å². The summed E-state index contributed by atoms with van der Waals surface area (Å²) < 4.78 is 7.57. The van der Waals surface area contributed by atoms with Gasteiger partial charge < -0.3 is 19.2 Å². The summed E-state index contributed by atoms with van der Waals surface area (Å²) in [5.74, 6) is 1.40. The Morgan fingerprint density at radius 1 is 1.32 bits per heavy atom. The van der Waals surface area contributed by atoms with Gasteiger partial charge in [-0.1, -0.05) is 6.07 Å². The van der Waals surface area contributed by atoms with Crippen LogP contribution in [0.3, 0.4) is 0 Å². The fourth-order valence-corrected chi connectivity index (χ4v) is 3.59. The van der Waals surface area contributed by atoms with Crippen molar-refractivity contribution in [1.82, 2.24) is 24.6 Å². The molecule has 3 heterocycles. The van der Waals surface area contributed by atoms with E-state index in [-0.39, 0.29) is 6.03 Å². The first-order valence-electron chi connectivity index (χ1n) is 9.51. The Balaban J connectivity index is 1.44. The van der Waals surface area contributed by atoms with E-state index in [9.17, 15) is 4.79 Å². The van der Waals surface area contributed by atoms with Crippen LogP contribution in [-0.2, 0) is 6.54 Å². The molecule has 4 rings (SSSR count). The van der Waals surface area contributed by atoms with Crippen LogP contribution in [0, 0.1) is 19.8 Å². The molecule has 3 aromatic rings. The van der Waals surface area contributed by atoms with Crippen molar-refractivity contribution in [3.05, 3.63) is 48.4 Å². The fraction of sp³-hybridized carbons (Fsp3) is 0.400. The molecule has 1 atom stereocenters. The van der Waals surface area contributed by atoms with Crippen LogP contribution in [0.15, 0.2) is 41.3 Å². The Labute approximate surface area is 163 Å². The largest absolute Gasteiger partial charge is 0.421 e. The van der Waals surface area contributed by atoms with E-state index in [1.165, 1.54) is 0 Å². The van der Waals surface area contributed by atoms with Crippen molar-refractivity contribution in [3.63, 3.8) is 0 Å². The van der Waals surface area contributed by atoms with Gasteiger partial charge in [0.25, 0.3) is 0 Å². The van der Waals surface area contributed by atoms with Crippen LogP contribution < -0.4 is 5.32 Å². The maximum Gasteiger partial charge on any atom is 0.321 e. The van der Waals surface area contributed by atoms with Gasteiger partial charge in [0.2, 0.25) is 11.8 Å². The predicted octanol–water partition coefficient (Wildman–Crippen LogP) is 3.49. The molecular weight excluding hydrogens is 356 g/mol. The molecule has 0 radical (unpaired) electrons. The highest BCUT2D eigenvalue weighted by atomic mass is 16.4. The number of benzene rings is 1. The van der Waals surface area contributed by atoms with Gasteiger partial charge in [0.1, 0.15) is 0 Å². The molecule has 1 aliphatic rings. The molecule has 8 heteroatoms. The van der Waals surface area contributed by atoms with Gasteiger partial charge in [0.05, 0.1) is 6.33 Å². The van der Waals surface area contributed by atoms with Gasteiger partial charge in [-0.2, -0.15) is 0 Å². The number of nitrogens with zero attached hydrogens (tertiary/aromatic N) is 5. The number of hydrogen-bond acceptors (Lipinski definition) is 5. The number of carbonyl (C=O) groups is 1. The first-order chi connectivity index (χ1) is 13.6. The molecule has 1 unspecified atom stereocenters. The Morgan fingerprint density at radius 3 is 2.96 bits per heavy atom. The van der Waals surface area contributed by atoms with Crippen molar-refractivity contribution in [3.8, 4) is 11.5 Å². The standard InChI is InChI=1S/C20H24N6O2/c1-14-5-6-17(19-24-23-15(2)28-19)10-18(14)22-20(27)26-8-3-4-16(12-26)11-25-9-7-21-13-25/h5-7,9-10,13,16H,3-4,8,11-12H2,1-2H3,(H,22,27). The highest BCUT2D eigenvalue weighted by Gasteiger charge is 2.24. The molecule has 1 aliphatic heterocycles. The Kier molecular flexibility index (Phi) is 5.10. The molecule has 0 spiro atoms. The summed E-state index contributed by atoms with van der Waals surface area (Å²) in [7, 11) is 0. The summed E-state index contributed by atoms with van der Waals surface area (Å²) in [5, 5.41) is 11.0. The number of carbonyl (C=O) groups excluding carboxylic acids is 1. The Morgan fingerprint density at radius 2 is 2.21 bits per heavy atom. The summed E-state index contributed by atoms with van der Waals surface area (Å²) in [6, 6.07) is 5.67. The summed E-state index contributed by atoms with van der Waals surface area (Å²) >= 11 is 0. The van der Waals surface area contributed by atoms with Crippen molar-refractivity contribution in [2.24, 2.45) is 5.92 Å². The van der Waals surface area contributed by atoms with Crippen molar-refractivity contribution >= 4 is 11.7 Å². The quantitative estimate of drug-likeness (QED) is 0.748. The summed E-state index contributed by atoms with van der Waals surface area (Å²) in [6.07, 6.45) is 7.70. The number of hydrogen-bond donors (Lipinski definition) is 1. The number of imidazole rings is 1. The monoisotopic (exact) mass is 380 g/mol. The smallest absolute Gasteiger partial charge is 0.321 e. The molecule has 1 saturated heterocycles. The molecular formula is C20H24N6O2. The fourth-order valence-electron chi connectivity index (χ4n) is 3.59. The van der Waals surface area contributed by atoms with Crippen molar-refractivity contribution in [2.75, 3.05) is 18.4 Å². The Hall–Kier alpha value is -3.16. The third-order valence-electron chi connectivity index (χ3n) is 5.09. The van der Waals surface area contributed by atoms with E-state index in [2.05, 4.69) is 25.1 Å². The van der Waals surface area contributed by atoms with E-state index in [0.29, 0.717) is 17.7 Å². The molecule has 2 amide bonds. The van der Waals surface area contributed by atoms with Crippen LogP contribution in [0.25, 0.3) is 11.5 Å². The zero-order chi connectivity index (χ0) is 19.5. The minimum absolute atomic E-state index is 0.0720. The van der Waals surface area contributed by atoms with Crippen LogP contribution >= 0.6 is 0 Å². The maximum atomic E-state index is 12.9. The van der Waals surface area contributed by atoms with Gasteiger partial charge in [0, 0.05) is 50.2 Å². The number of aryl methyl sites for hydroxylation is 2. The average Bonchev–Trinajstić information content (AvgIpc) is 3.35. The first kappa shape index (κ1) is 18.2. The first-order valence-corrected chi connectivity index (χ1v) is 9.51. The van der Waals surface area contributed by atoms with E-state index in [1.54, 1.807) is 13.1 Å². The number of urea groups is 1. The number of anilines is 1. The average molecular weight is 380 g/mol. The van der Waals surface area contributed by atoms with E-state index in [0.717, 1.165) is 49.3 Å². The lowest BCUT2D eigenvalue weighted by molar-refractivity contribution is 0.170. The molecule has 1 N–H and O–H groups in total. The zero-order valence-electron chi connectivity index (χ0n) is 16.1. The van der Waals surface area contributed by atoms with Gasteiger partial charge in [-0.15, -0.1) is 10.2 Å². The molecule has 1 aromatic carbocycles. The highest BCUT2D eigenvalue weighted by molar-refractivity contribution is 5.91. The van der Waals surface area contributed by atoms with Gasteiger partial charge in [-0.25, -0.2) is 9.78 Å². The maximum absolute atomic E-state index is 12.9. The molecule has 0 saturated carbocycles. The van der Waals surface area contributed by atoms with Gasteiger partial charge in [-0.05, 0) is 43.4 Å². The van der Waals surface area contributed by atoms with Gasteiger partial charge in [-0.3, -0.25) is 0 Å². The summed E-state index contributed by atoms with van der Waals surface area (Å²) in [6.45, 7) is 6.12. The second kappa shape index (κ2) is 7.84. The number of aromatic nitrogens is 4. The van der Waals surface area contributed by atoms with Crippen LogP contribution in [0.1, 0.15) is 24.3 Å². The van der Waals surface area contributed by atoms with Crippen LogP contribution in [-0.4, -0.2) is 43.8 Å². The third-order valence-corrected chi connectivity index (χ3v) is 5.09. The number of rotatable bonds is 4. The molecule has 0 aliphatic carbocycles. The summed E-state index contributed by atoms with van der Waals surface area (Å²) in [4.78, 5) is 18.9. The minimum Gasteiger partial charge on any atom is -0.421 e. The van der Waals surface area contributed by atoms with Crippen molar-refractivity contribution in [2.45, 2.75) is 33.2 Å². The van der Waals surface area contributed by atoms with E-state index < -0.39 is 0 Å². The van der Waals surface area contributed by atoms with Gasteiger partial charge >= 0.3 is 6.03 Å². The molecule has 2 aromatic heterocycles. The van der Waals surface area contributed by atoms with Crippen LogP contribution in [0.4, 0.5) is 10.5 Å². The molecule has 1 fully saturated rings. The van der Waals surface area contributed by atoms with E-state index >= 15 is 0 Å². The van der Waals surface area contributed by atoms with Crippen molar-refractivity contribution in [1.29, 1.82) is 0 Å². The van der Waals surface area contributed by atoms with Gasteiger partial charge in [0.15, 0.2) is 0 Å². The zero-order valence-corrected chi connectivity index (χ0v) is 16.1. The lowest BCUT2D eigenvalue weighted by Crippen LogP contribution is -2.43. The predicted molar refractivity (Wildman–Crippen MR) is 105 cm³/mol. The molecule has 146 valence electrons. The number of likely N-dealkylation sites (tertiary alicyclic amines) is 1. The lowest BCUT2D eigenvalue weighted by atomic mass is 9.98. The molecule has 0 bridgehead atoms. The third kappa shape index (κ3) is 4.05. The highest BCUT2D eigenvalue weighted by Crippen LogP contribution is 2.26. The normalized spacial score (nSPS) is 16.9. The molecule has 8 nitrogen and oxygen atoms in total. The number of piperidine rings is 1. The second-order valence-electron chi connectivity index (χ2n) is 7.30. The van der Waals surface area contributed by atoms with Crippen LogP contribution in [0.2, 0.25) is 0 Å². The summed E-state index contributed by atoms with van der Waals surface area (Å²) in [5.41, 5.74) is 2.54. The number of nitrogens with one attached hydrogen (secondary N) is 1. The topological polar surface area (TPSA) is 89.1 Å². The van der Waals surface area contributed by atoms with E-state index in [4.69, 9.17) is 4.42 Å².